The minimum absolute atomic E-state index is 0.249. The molecule has 0 heterocycles. The number of benzene rings is 1. The lowest BCUT2D eigenvalue weighted by molar-refractivity contribution is -0.119. The highest BCUT2D eigenvalue weighted by Crippen LogP contribution is 2.16. The normalized spacial score (nSPS) is 9.86. The van der Waals surface area contributed by atoms with E-state index in [1.165, 1.54) is 0 Å². The van der Waals surface area contributed by atoms with Crippen molar-refractivity contribution in [3.05, 3.63) is 29.8 Å². The fourth-order valence-corrected chi connectivity index (χ4v) is 1.17. The fourth-order valence-electron chi connectivity index (χ4n) is 1.17. The molecule has 0 aliphatic carbocycles. The predicted molar refractivity (Wildman–Crippen MR) is 56.6 cm³/mol. The molecule has 0 bridgehead atoms. The van der Waals surface area contributed by atoms with Gasteiger partial charge in [-0.15, -0.1) is 0 Å². The van der Waals surface area contributed by atoms with Crippen LogP contribution in [0.15, 0.2) is 24.3 Å². The molecule has 0 spiro atoms. The number of carbonyl (C=O) groups excluding carboxylic acids is 1. The molecule has 14 heavy (non-hydrogen) atoms. The van der Waals surface area contributed by atoms with Crippen molar-refractivity contribution in [1.29, 1.82) is 0 Å². The first kappa shape index (κ1) is 10.8. The van der Waals surface area contributed by atoms with Crippen LogP contribution in [-0.2, 0) is 4.79 Å². The largest absolute Gasteiger partial charge is 0.493 e. The second-order valence-corrected chi connectivity index (χ2v) is 3.26. The summed E-state index contributed by atoms with van der Waals surface area (Å²) in [5, 5.41) is 0. The first-order valence-electron chi connectivity index (χ1n) is 4.94. The van der Waals surface area contributed by atoms with Crippen molar-refractivity contribution in [1.82, 2.24) is 0 Å². The molecule has 0 amide bonds. The molecule has 1 aromatic carbocycles. The molecule has 76 valence electrons. The first-order valence-corrected chi connectivity index (χ1v) is 4.94. The molecule has 0 aliphatic rings. The zero-order chi connectivity index (χ0) is 10.4. The van der Waals surface area contributed by atoms with Crippen LogP contribution in [0.5, 0.6) is 5.75 Å². The third-order valence-electron chi connectivity index (χ3n) is 2.13. The highest BCUT2D eigenvalue weighted by atomic mass is 16.5. The van der Waals surface area contributed by atoms with E-state index >= 15 is 0 Å². The molecule has 0 aromatic heterocycles. The first-order chi connectivity index (χ1) is 6.74. The third kappa shape index (κ3) is 3.21. The summed E-state index contributed by atoms with van der Waals surface area (Å²) >= 11 is 0. The molecule has 0 fully saturated rings. The summed E-state index contributed by atoms with van der Waals surface area (Å²) in [6, 6.07) is 7.83. The summed E-state index contributed by atoms with van der Waals surface area (Å²) in [4.78, 5) is 11.0. The van der Waals surface area contributed by atoms with Crippen molar-refractivity contribution in [3.8, 4) is 5.75 Å². The smallest absolute Gasteiger partial charge is 0.136 e. The van der Waals surface area contributed by atoms with Crippen LogP contribution in [0.4, 0.5) is 0 Å². The number of aryl methyl sites for hydroxylation is 1. The lowest BCUT2D eigenvalue weighted by atomic mass is 10.2. The lowest BCUT2D eigenvalue weighted by Crippen LogP contribution is -2.05. The molecule has 1 rings (SSSR count). The van der Waals surface area contributed by atoms with E-state index in [2.05, 4.69) is 0 Å². The molecule has 2 heteroatoms. The summed E-state index contributed by atoms with van der Waals surface area (Å²) in [5.41, 5.74) is 1.11. The molecular weight excluding hydrogens is 176 g/mol. The second kappa shape index (κ2) is 5.43. The average molecular weight is 192 g/mol. The Kier molecular flexibility index (Phi) is 4.17. The van der Waals surface area contributed by atoms with Crippen LogP contribution in [0.2, 0.25) is 0 Å². The van der Waals surface area contributed by atoms with E-state index in [1.54, 1.807) is 0 Å². The van der Waals surface area contributed by atoms with Crippen LogP contribution in [0.1, 0.15) is 25.3 Å². The number of rotatable bonds is 5. The van der Waals surface area contributed by atoms with E-state index in [0.717, 1.165) is 11.3 Å². The predicted octanol–water partition coefficient (Wildman–Crippen LogP) is 2.74. The van der Waals surface area contributed by atoms with Gasteiger partial charge < -0.3 is 4.74 Å². The second-order valence-electron chi connectivity index (χ2n) is 3.26. The van der Waals surface area contributed by atoms with Gasteiger partial charge in [-0.25, -0.2) is 0 Å². The maximum Gasteiger partial charge on any atom is 0.136 e. The number of hydrogen-bond acceptors (Lipinski definition) is 2. The van der Waals surface area contributed by atoms with Gasteiger partial charge in [-0.3, -0.25) is 4.79 Å². The van der Waals surface area contributed by atoms with Gasteiger partial charge in [0.05, 0.1) is 6.61 Å². The average Bonchev–Trinajstić information content (AvgIpc) is 2.20. The Labute approximate surface area is 84.9 Å². The number of para-hydroxylation sites is 1. The van der Waals surface area contributed by atoms with E-state index in [0.29, 0.717) is 19.4 Å². The molecule has 0 saturated heterocycles. The van der Waals surface area contributed by atoms with Gasteiger partial charge in [0.2, 0.25) is 0 Å². The summed E-state index contributed by atoms with van der Waals surface area (Å²) in [5.74, 6) is 1.12. The Morgan fingerprint density at radius 2 is 2.07 bits per heavy atom. The molecule has 0 N–H and O–H groups in total. The number of ether oxygens (including phenoxy) is 1. The lowest BCUT2D eigenvalue weighted by Gasteiger charge is -2.07. The Hall–Kier alpha value is -1.31. The zero-order valence-electron chi connectivity index (χ0n) is 8.75. The minimum atomic E-state index is 0.249. The zero-order valence-corrected chi connectivity index (χ0v) is 8.75. The van der Waals surface area contributed by atoms with Gasteiger partial charge in [-0.1, -0.05) is 25.1 Å². The van der Waals surface area contributed by atoms with Crippen LogP contribution in [0, 0.1) is 6.92 Å². The molecule has 0 unspecified atom stereocenters. The van der Waals surface area contributed by atoms with Crippen molar-refractivity contribution in [2.75, 3.05) is 6.61 Å². The molecule has 0 aliphatic heterocycles. The van der Waals surface area contributed by atoms with Crippen LogP contribution in [0.3, 0.4) is 0 Å². The standard InChI is InChI=1S/C12H16O2/c1-3-11(13)8-9-14-12-7-5-4-6-10(12)2/h4-7H,3,8-9H2,1-2H3. The maximum absolute atomic E-state index is 11.0. The SMILES string of the molecule is CCC(=O)CCOc1ccccc1C. The van der Waals surface area contributed by atoms with Crippen molar-refractivity contribution in [2.24, 2.45) is 0 Å². The highest BCUT2D eigenvalue weighted by molar-refractivity contribution is 5.78. The monoisotopic (exact) mass is 192 g/mol. The highest BCUT2D eigenvalue weighted by Gasteiger charge is 2.00. The summed E-state index contributed by atoms with van der Waals surface area (Å²) < 4.78 is 5.49. The summed E-state index contributed by atoms with van der Waals surface area (Å²) in [6.45, 7) is 4.35. The van der Waals surface area contributed by atoms with Gasteiger partial charge in [-0.2, -0.15) is 0 Å². The summed E-state index contributed by atoms with van der Waals surface area (Å²) in [7, 11) is 0. The van der Waals surface area contributed by atoms with Crippen LogP contribution >= 0.6 is 0 Å². The Balaban J connectivity index is 2.39. The van der Waals surface area contributed by atoms with Gasteiger partial charge >= 0.3 is 0 Å². The Bertz CT molecular complexity index is 305. The van der Waals surface area contributed by atoms with E-state index in [-0.39, 0.29) is 5.78 Å². The molecule has 1 aromatic rings. The Morgan fingerprint density at radius 3 is 2.71 bits per heavy atom. The van der Waals surface area contributed by atoms with Crippen LogP contribution in [0.25, 0.3) is 0 Å². The van der Waals surface area contributed by atoms with E-state index in [4.69, 9.17) is 4.74 Å². The van der Waals surface area contributed by atoms with E-state index < -0.39 is 0 Å². The van der Waals surface area contributed by atoms with Gasteiger partial charge in [0.15, 0.2) is 0 Å². The van der Waals surface area contributed by atoms with E-state index in [1.807, 2.05) is 38.1 Å². The molecular formula is C12H16O2. The maximum atomic E-state index is 11.0. The minimum Gasteiger partial charge on any atom is -0.493 e. The number of ketones is 1. The van der Waals surface area contributed by atoms with Crippen molar-refractivity contribution < 1.29 is 9.53 Å². The Morgan fingerprint density at radius 1 is 1.36 bits per heavy atom. The van der Waals surface area contributed by atoms with Gasteiger partial charge in [0.25, 0.3) is 0 Å². The number of Topliss-reactive ketones (excluding diaryl/α,β-unsaturated/α-hetero) is 1. The topological polar surface area (TPSA) is 26.3 Å². The van der Waals surface area contributed by atoms with Gasteiger partial charge in [-0.05, 0) is 18.6 Å². The van der Waals surface area contributed by atoms with Gasteiger partial charge in [0.1, 0.15) is 11.5 Å². The fraction of sp³-hybridized carbons (Fsp3) is 0.417. The van der Waals surface area contributed by atoms with Crippen molar-refractivity contribution in [3.63, 3.8) is 0 Å². The molecule has 0 radical (unpaired) electrons. The van der Waals surface area contributed by atoms with Crippen LogP contribution in [-0.4, -0.2) is 12.4 Å². The number of hydrogen-bond donors (Lipinski definition) is 0. The third-order valence-corrected chi connectivity index (χ3v) is 2.13. The molecule has 0 saturated carbocycles. The van der Waals surface area contributed by atoms with Crippen LogP contribution < -0.4 is 4.74 Å². The van der Waals surface area contributed by atoms with Gasteiger partial charge in [0, 0.05) is 12.8 Å². The van der Waals surface area contributed by atoms with Crippen molar-refractivity contribution >= 4 is 5.78 Å². The van der Waals surface area contributed by atoms with Crippen molar-refractivity contribution in [2.45, 2.75) is 26.7 Å². The quantitative estimate of drug-likeness (QED) is 0.717. The summed E-state index contributed by atoms with van der Waals surface area (Å²) in [6.07, 6.45) is 1.10. The number of carbonyl (C=O) groups is 1. The molecule has 0 atom stereocenters. The molecule has 2 nitrogen and oxygen atoms in total. The van der Waals surface area contributed by atoms with E-state index in [9.17, 15) is 4.79 Å².